The van der Waals surface area contributed by atoms with Crippen LogP contribution in [-0.2, 0) is 4.74 Å². The van der Waals surface area contributed by atoms with Gasteiger partial charge in [0.25, 0.3) is 0 Å². The Morgan fingerprint density at radius 3 is 2.92 bits per heavy atom. The van der Waals surface area contributed by atoms with Crippen molar-refractivity contribution in [1.29, 1.82) is 0 Å². The van der Waals surface area contributed by atoms with Crippen LogP contribution in [0.15, 0.2) is 18.8 Å². The zero-order chi connectivity index (χ0) is 9.14. The van der Waals surface area contributed by atoms with Gasteiger partial charge in [0, 0.05) is 6.07 Å². The van der Waals surface area contributed by atoms with Gasteiger partial charge in [0.2, 0.25) is 0 Å². The summed E-state index contributed by atoms with van der Waals surface area (Å²) in [7, 11) is 1.45. The third-order valence-electron chi connectivity index (χ3n) is 1.39. The molecule has 1 aromatic heterocycles. The summed E-state index contributed by atoms with van der Waals surface area (Å²) in [5.74, 6) is -0.146. The number of nitrogens with zero attached hydrogens (tertiary/aromatic N) is 1. The number of nitrogens with two attached hydrogens (primary N) is 1. The fraction of sp³-hybridized carbons (Fsp3) is 0.125. The van der Waals surface area contributed by atoms with E-state index >= 15 is 0 Å². The molecule has 0 amide bonds. The minimum atomic E-state index is -0.472. The third-order valence-corrected chi connectivity index (χ3v) is 1.39. The Morgan fingerprint density at radius 1 is 1.75 bits per heavy atom. The molecule has 4 heteroatoms. The van der Waals surface area contributed by atoms with Gasteiger partial charge in [0.1, 0.15) is 17.3 Å². The fourth-order valence-electron chi connectivity index (χ4n) is 0.785. The lowest BCUT2D eigenvalue weighted by Gasteiger charge is -2.05. The number of nitrogen functional groups attached to an aromatic ring is 1. The fourth-order valence-corrected chi connectivity index (χ4v) is 0.785. The van der Waals surface area contributed by atoms with Crippen LogP contribution in [0.25, 0.3) is 5.76 Å². The Bertz CT molecular complexity index is 312. The second-order valence-electron chi connectivity index (χ2n) is 2.22. The Kier molecular flexibility index (Phi) is 2.28. The maximum Gasteiger partial charge on any atom is 0.143 e. The Labute approximate surface area is 69.7 Å². The van der Waals surface area contributed by atoms with Crippen LogP contribution in [0.2, 0.25) is 0 Å². The number of ether oxygens (including phenoxy) is 1. The van der Waals surface area contributed by atoms with Crippen molar-refractivity contribution >= 4 is 11.4 Å². The number of aromatic nitrogens is 1. The van der Waals surface area contributed by atoms with Gasteiger partial charge in [-0.15, -0.1) is 0 Å². The predicted octanol–water partition coefficient (Wildman–Crippen LogP) is 1.42. The third kappa shape index (κ3) is 1.53. The Balaban J connectivity index is 3.09. The predicted molar refractivity (Wildman–Crippen MR) is 44.7 cm³/mol. The SMILES string of the molecule is C=C(OC)c1ncc(F)cc1N. The number of anilines is 1. The molecule has 2 N–H and O–H groups in total. The van der Waals surface area contributed by atoms with Crippen LogP contribution in [0, 0.1) is 5.82 Å². The summed E-state index contributed by atoms with van der Waals surface area (Å²) in [6.45, 7) is 3.55. The smallest absolute Gasteiger partial charge is 0.143 e. The average molecular weight is 168 g/mol. The van der Waals surface area contributed by atoms with Crippen LogP contribution in [0.4, 0.5) is 10.1 Å². The minimum absolute atomic E-state index is 0.224. The molecule has 0 unspecified atom stereocenters. The first-order chi connectivity index (χ1) is 5.65. The largest absolute Gasteiger partial charge is 0.495 e. The van der Waals surface area contributed by atoms with E-state index < -0.39 is 5.82 Å². The van der Waals surface area contributed by atoms with Gasteiger partial charge in [-0.2, -0.15) is 0 Å². The standard InChI is InChI=1S/C8H9FN2O/c1-5(12-2)8-7(10)3-6(9)4-11-8/h3-4H,1,10H2,2H3. The highest BCUT2D eigenvalue weighted by Crippen LogP contribution is 2.17. The highest BCUT2D eigenvalue weighted by molar-refractivity contribution is 5.65. The first-order valence-electron chi connectivity index (χ1n) is 3.29. The molecular weight excluding hydrogens is 159 g/mol. The summed E-state index contributed by atoms with van der Waals surface area (Å²) in [5, 5.41) is 0. The topological polar surface area (TPSA) is 48.1 Å². The van der Waals surface area contributed by atoms with Gasteiger partial charge in [0.15, 0.2) is 0 Å². The molecule has 0 bridgehead atoms. The van der Waals surface area contributed by atoms with Gasteiger partial charge >= 0.3 is 0 Å². The molecule has 1 heterocycles. The van der Waals surface area contributed by atoms with Crippen LogP contribution < -0.4 is 5.73 Å². The van der Waals surface area contributed by atoms with Crippen molar-refractivity contribution in [3.05, 3.63) is 30.4 Å². The highest BCUT2D eigenvalue weighted by atomic mass is 19.1. The summed E-state index contributed by atoms with van der Waals surface area (Å²) >= 11 is 0. The van der Waals surface area contributed by atoms with Crippen LogP contribution >= 0.6 is 0 Å². The lowest BCUT2D eigenvalue weighted by atomic mass is 10.3. The van der Waals surface area contributed by atoms with E-state index in [-0.39, 0.29) is 5.69 Å². The second-order valence-corrected chi connectivity index (χ2v) is 2.22. The average Bonchev–Trinajstić information content (AvgIpc) is 2.03. The molecule has 12 heavy (non-hydrogen) atoms. The van der Waals surface area contributed by atoms with Crippen molar-refractivity contribution in [2.45, 2.75) is 0 Å². The molecule has 0 aliphatic heterocycles. The molecule has 64 valence electrons. The molecule has 0 atom stereocenters. The van der Waals surface area contributed by atoms with Crippen molar-refractivity contribution in [2.24, 2.45) is 0 Å². The summed E-state index contributed by atoms with van der Waals surface area (Å²) in [6, 6.07) is 1.17. The van der Waals surface area contributed by atoms with Crippen molar-refractivity contribution in [3.63, 3.8) is 0 Å². The first kappa shape index (κ1) is 8.52. The minimum Gasteiger partial charge on any atom is -0.495 e. The molecule has 1 aromatic rings. The van der Waals surface area contributed by atoms with E-state index in [0.717, 1.165) is 6.20 Å². The van der Waals surface area contributed by atoms with Gasteiger partial charge in [-0.05, 0) is 0 Å². The maximum absolute atomic E-state index is 12.5. The number of hydrogen-bond acceptors (Lipinski definition) is 3. The molecule has 0 saturated heterocycles. The summed E-state index contributed by atoms with van der Waals surface area (Å²) in [5.41, 5.74) is 6.05. The van der Waals surface area contributed by atoms with Crippen molar-refractivity contribution in [1.82, 2.24) is 4.98 Å². The van der Waals surface area contributed by atoms with Crippen molar-refractivity contribution in [3.8, 4) is 0 Å². The molecule has 1 rings (SSSR count). The van der Waals surface area contributed by atoms with E-state index in [0.29, 0.717) is 11.5 Å². The second kappa shape index (κ2) is 3.21. The Hall–Kier alpha value is -1.58. The highest BCUT2D eigenvalue weighted by Gasteiger charge is 2.05. The normalized spacial score (nSPS) is 9.50. The molecular formula is C8H9FN2O. The molecule has 0 radical (unpaired) electrons. The first-order valence-corrected chi connectivity index (χ1v) is 3.29. The van der Waals surface area contributed by atoms with Crippen LogP contribution in [0.5, 0.6) is 0 Å². The number of hydrogen-bond donors (Lipinski definition) is 1. The van der Waals surface area contributed by atoms with Gasteiger partial charge in [-0.25, -0.2) is 9.37 Å². The molecule has 0 aliphatic carbocycles. The molecule has 0 fully saturated rings. The maximum atomic E-state index is 12.5. The molecule has 0 spiro atoms. The lowest BCUT2D eigenvalue weighted by Crippen LogP contribution is -1.98. The molecule has 3 nitrogen and oxygen atoms in total. The summed E-state index contributed by atoms with van der Waals surface area (Å²) in [6.07, 6.45) is 1.07. The van der Waals surface area contributed by atoms with E-state index in [1.807, 2.05) is 0 Å². The van der Waals surface area contributed by atoms with Gasteiger partial charge < -0.3 is 10.5 Å². The van der Waals surface area contributed by atoms with Crippen LogP contribution in [0.3, 0.4) is 0 Å². The lowest BCUT2D eigenvalue weighted by molar-refractivity contribution is 0.369. The van der Waals surface area contributed by atoms with E-state index in [2.05, 4.69) is 11.6 Å². The van der Waals surface area contributed by atoms with Crippen molar-refractivity contribution < 1.29 is 9.13 Å². The number of rotatable bonds is 2. The van der Waals surface area contributed by atoms with E-state index in [9.17, 15) is 4.39 Å². The van der Waals surface area contributed by atoms with Crippen molar-refractivity contribution in [2.75, 3.05) is 12.8 Å². The van der Waals surface area contributed by atoms with Crippen LogP contribution in [0.1, 0.15) is 5.69 Å². The summed E-state index contributed by atoms with van der Waals surface area (Å²) < 4.78 is 17.3. The molecule has 0 saturated carbocycles. The van der Waals surface area contributed by atoms with Gasteiger partial charge in [-0.1, -0.05) is 6.58 Å². The molecule has 0 aliphatic rings. The van der Waals surface area contributed by atoms with Gasteiger partial charge in [-0.3, -0.25) is 0 Å². The number of pyridine rings is 1. The van der Waals surface area contributed by atoms with Crippen LogP contribution in [-0.4, -0.2) is 12.1 Å². The van der Waals surface area contributed by atoms with E-state index in [4.69, 9.17) is 10.5 Å². The monoisotopic (exact) mass is 168 g/mol. The zero-order valence-corrected chi connectivity index (χ0v) is 6.67. The molecule has 0 aromatic carbocycles. The number of methoxy groups -OCH3 is 1. The van der Waals surface area contributed by atoms with E-state index in [1.54, 1.807) is 0 Å². The van der Waals surface area contributed by atoms with E-state index in [1.165, 1.54) is 13.2 Å². The number of halogens is 1. The zero-order valence-electron chi connectivity index (χ0n) is 6.67. The van der Waals surface area contributed by atoms with Gasteiger partial charge in [0.05, 0.1) is 19.0 Å². The Morgan fingerprint density at radius 2 is 2.42 bits per heavy atom. The summed E-state index contributed by atoms with van der Waals surface area (Å²) in [4.78, 5) is 3.72. The quantitative estimate of drug-likeness (QED) is 0.679.